The summed E-state index contributed by atoms with van der Waals surface area (Å²) >= 11 is 0. The maximum atomic E-state index is 13.7. The minimum absolute atomic E-state index is 0.121. The molecule has 0 fully saturated rings. The summed E-state index contributed by atoms with van der Waals surface area (Å²) in [7, 11) is 1.69. The molecule has 48 heavy (non-hydrogen) atoms. The summed E-state index contributed by atoms with van der Waals surface area (Å²) in [5.74, 6) is -3.93. The minimum atomic E-state index is -1.45. The third-order valence-corrected chi connectivity index (χ3v) is 7.70. The molecule has 2 rings (SSSR count). The van der Waals surface area contributed by atoms with Crippen molar-refractivity contribution in [3.8, 4) is 0 Å². The van der Waals surface area contributed by atoms with Gasteiger partial charge in [-0.15, -0.1) is 0 Å². The van der Waals surface area contributed by atoms with Crippen LogP contribution in [0.3, 0.4) is 0 Å². The molecular formula is C30H49N12O6. The van der Waals surface area contributed by atoms with Crippen LogP contribution in [-0.2, 0) is 48.7 Å². The highest BCUT2D eigenvalue weighted by Crippen LogP contribution is 2.15. The van der Waals surface area contributed by atoms with Crippen LogP contribution in [0.4, 0.5) is 0 Å². The van der Waals surface area contributed by atoms with Crippen molar-refractivity contribution in [3.05, 3.63) is 35.9 Å². The smallest absolute Gasteiger partial charge is 0.249 e. The molecule has 0 spiro atoms. The van der Waals surface area contributed by atoms with E-state index in [1.54, 1.807) is 31.0 Å². The standard InChI is InChI=1S/C30H49N12O6/c1-19-24(41(2)18-38-19)12-25(30(48)39-20(16-43)7-3-5-9-31)42(26(44)13-33)27(45)15-36-29(47)23(8-4-6-10-32)40-28(46)22(34)11-21-14-35-17-37-21/h14,17-18,20,22-23,25H,3-13,15,31-34H2,1-2H3,(H,35,37)(H,36,47)(H,39,48)(H,40,46)/t20-,22-,23-,25-/m0/s1. The molecule has 18 nitrogen and oxygen atoms in total. The number of unbranched alkanes of at least 4 members (excludes halogenated alkanes) is 2. The van der Waals surface area contributed by atoms with Gasteiger partial charge in [-0.2, -0.15) is 0 Å². The molecule has 0 saturated carbocycles. The Bertz CT molecular complexity index is 1330. The molecule has 2 aromatic heterocycles. The topological polar surface area (TPSA) is 292 Å². The molecule has 265 valence electrons. The number of carbonyl (C=O) groups excluding carboxylic acids is 6. The van der Waals surface area contributed by atoms with Crippen LogP contribution in [-0.4, -0.2) is 111 Å². The maximum Gasteiger partial charge on any atom is 0.249 e. The Hall–Kier alpha value is -4.52. The van der Waals surface area contributed by atoms with Gasteiger partial charge in [0.25, 0.3) is 0 Å². The number of imide groups is 1. The molecule has 1 radical (unpaired) electrons. The molecule has 2 heterocycles. The van der Waals surface area contributed by atoms with Crippen molar-refractivity contribution in [3.63, 3.8) is 0 Å². The van der Waals surface area contributed by atoms with E-state index < -0.39 is 66.8 Å². The van der Waals surface area contributed by atoms with E-state index in [9.17, 15) is 28.8 Å². The summed E-state index contributed by atoms with van der Waals surface area (Å²) < 4.78 is 1.64. The highest BCUT2D eigenvalue weighted by molar-refractivity contribution is 6.03. The number of carbonyl (C=O) groups is 5. The third kappa shape index (κ3) is 12.3. The number of imidazole rings is 2. The molecule has 0 aliphatic carbocycles. The fourth-order valence-corrected chi connectivity index (χ4v) is 4.99. The second kappa shape index (κ2) is 20.7. The van der Waals surface area contributed by atoms with Gasteiger partial charge in [0, 0.05) is 31.8 Å². The van der Waals surface area contributed by atoms with E-state index in [0.29, 0.717) is 60.8 Å². The van der Waals surface area contributed by atoms with E-state index in [4.69, 9.17) is 22.9 Å². The average Bonchev–Trinajstić information content (AvgIpc) is 3.70. The van der Waals surface area contributed by atoms with E-state index >= 15 is 0 Å². The van der Waals surface area contributed by atoms with Crippen LogP contribution in [0, 0.1) is 6.92 Å². The molecule has 2 aromatic rings. The summed E-state index contributed by atoms with van der Waals surface area (Å²) in [6.45, 7) is 1.14. The molecule has 0 aromatic carbocycles. The number of nitrogens with zero attached hydrogens (tertiary/aromatic N) is 4. The number of H-pyrrole nitrogens is 1. The van der Waals surface area contributed by atoms with Gasteiger partial charge in [-0.3, -0.25) is 33.7 Å². The van der Waals surface area contributed by atoms with Gasteiger partial charge in [-0.1, -0.05) is 0 Å². The Morgan fingerprint density at radius 1 is 0.938 bits per heavy atom. The van der Waals surface area contributed by atoms with E-state index in [0.717, 1.165) is 0 Å². The lowest BCUT2D eigenvalue weighted by Crippen LogP contribution is -2.59. The number of aromatic amines is 1. The molecule has 0 aliphatic heterocycles. The number of nitrogens with one attached hydrogen (secondary N) is 4. The third-order valence-electron chi connectivity index (χ3n) is 7.70. The second-order valence-electron chi connectivity index (χ2n) is 11.4. The first-order chi connectivity index (χ1) is 23.0. The van der Waals surface area contributed by atoms with Gasteiger partial charge >= 0.3 is 0 Å². The van der Waals surface area contributed by atoms with Crippen LogP contribution >= 0.6 is 0 Å². The number of rotatable bonds is 22. The van der Waals surface area contributed by atoms with Gasteiger partial charge < -0.3 is 48.4 Å². The molecule has 4 atom stereocenters. The van der Waals surface area contributed by atoms with Crippen molar-refractivity contribution in [1.29, 1.82) is 0 Å². The van der Waals surface area contributed by atoms with Crippen molar-refractivity contribution in [2.24, 2.45) is 30.0 Å². The Kier molecular flexibility index (Phi) is 17.1. The van der Waals surface area contributed by atoms with Crippen LogP contribution < -0.4 is 38.9 Å². The zero-order chi connectivity index (χ0) is 35.6. The van der Waals surface area contributed by atoms with Gasteiger partial charge in [0.15, 0.2) is 0 Å². The Balaban J connectivity index is 2.27. The van der Waals surface area contributed by atoms with Gasteiger partial charge in [-0.05, 0) is 58.5 Å². The summed E-state index contributed by atoms with van der Waals surface area (Å²) in [5.41, 5.74) is 24.5. The molecular weight excluding hydrogens is 624 g/mol. The largest absolute Gasteiger partial charge is 0.351 e. The predicted molar refractivity (Wildman–Crippen MR) is 175 cm³/mol. The van der Waals surface area contributed by atoms with Crippen LogP contribution in [0.5, 0.6) is 0 Å². The van der Waals surface area contributed by atoms with Crippen LogP contribution in [0.25, 0.3) is 0 Å². The lowest BCUT2D eigenvalue weighted by Gasteiger charge is -2.30. The first-order valence-corrected chi connectivity index (χ1v) is 15.9. The Morgan fingerprint density at radius 3 is 2.19 bits per heavy atom. The fraction of sp³-hybridized carbons (Fsp3) is 0.600. The molecule has 5 amide bonds. The molecule has 0 bridgehead atoms. The van der Waals surface area contributed by atoms with Crippen LogP contribution in [0.2, 0.25) is 0 Å². The predicted octanol–water partition coefficient (Wildman–Crippen LogP) is -3.30. The first-order valence-electron chi connectivity index (χ1n) is 15.9. The highest BCUT2D eigenvalue weighted by atomic mass is 16.2. The van der Waals surface area contributed by atoms with Gasteiger partial charge in [0.2, 0.25) is 35.8 Å². The minimum Gasteiger partial charge on any atom is -0.351 e. The van der Waals surface area contributed by atoms with Crippen molar-refractivity contribution in [1.82, 2.24) is 40.4 Å². The summed E-state index contributed by atoms with van der Waals surface area (Å²) in [6.07, 6.45) is 8.98. The van der Waals surface area contributed by atoms with Gasteiger partial charge in [0.1, 0.15) is 12.1 Å². The Morgan fingerprint density at radius 2 is 1.62 bits per heavy atom. The van der Waals surface area contributed by atoms with Crippen molar-refractivity contribution in [2.75, 3.05) is 26.2 Å². The van der Waals surface area contributed by atoms with Gasteiger partial charge in [0.05, 0.1) is 49.2 Å². The number of aryl methyl sites for hydroxylation is 2. The normalized spacial score (nSPS) is 13.5. The lowest BCUT2D eigenvalue weighted by molar-refractivity contribution is -0.151. The number of aromatic nitrogens is 4. The summed E-state index contributed by atoms with van der Waals surface area (Å²) in [4.78, 5) is 90.0. The van der Waals surface area contributed by atoms with Gasteiger partial charge in [-0.25, -0.2) is 9.97 Å². The van der Waals surface area contributed by atoms with Crippen molar-refractivity contribution < 1.29 is 28.8 Å². The highest BCUT2D eigenvalue weighted by Gasteiger charge is 2.36. The lowest BCUT2D eigenvalue weighted by atomic mass is 10.0. The number of nitrogens with two attached hydrogens (primary N) is 4. The zero-order valence-electron chi connectivity index (χ0n) is 27.6. The van der Waals surface area contributed by atoms with E-state index in [2.05, 4.69) is 30.9 Å². The molecule has 18 heteroatoms. The molecule has 0 aliphatic rings. The monoisotopic (exact) mass is 673 g/mol. The van der Waals surface area contributed by atoms with Crippen molar-refractivity contribution >= 4 is 35.8 Å². The molecule has 0 unspecified atom stereocenters. The van der Waals surface area contributed by atoms with E-state index in [1.165, 1.54) is 12.7 Å². The number of hydrogen-bond donors (Lipinski definition) is 8. The quantitative estimate of drug-likeness (QED) is 0.0571. The summed E-state index contributed by atoms with van der Waals surface area (Å²) in [5, 5.41) is 7.66. The second-order valence-corrected chi connectivity index (χ2v) is 11.4. The first kappa shape index (κ1) is 39.7. The summed E-state index contributed by atoms with van der Waals surface area (Å²) in [6, 6.07) is -4.55. The SMILES string of the molecule is Cc1ncn(C)c1C[C@@H](C(=O)N[C@H]([C]=O)CCCCN)N(C(=O)CN)C(=O)CNC(=O)[C@H](CCCCN)NC(=O)[C@@H](N)Cc1c[nH]cn1. The van der Waals surface area contributed by atoms with Crippen LogP contribution in [0.1, 0.15) is 55.6 Å². The molecule has 12 N–H and O–H groups in total. The Labute approximate surface area is 279 Å². The zero-order valence-corrected chi connectivity index (χ0v) is 27.6. The number of amides is 5. The van der Waals surface area contributed by atoms with Crippen LogP contribution in [0.15, 0.2) is 18.9 Å². The van der Waals surface area contributed by atoms with E-state index in [-0.39, 0.29) is 25.7 Å². The fourth-order valence-electron chi connectivity index (χ4n) is 4.99. The maximum absolute atomic E-state index is 13.7. The van der Waals surface area contributed by atoms with Crippen molar-refractivity contribution in [2.45, 2.75) is 82.5 Å². The van der Waals surface area contributed by atoms with E-state index in [1.807, 2.05) is 0 Å². The average molecular weight is 674 g/mol. The molecule has 0 saturated heterocycles. The number of hydrogen-bond acceptors (Lipinski definition) is 12.